The van der Waals surface area contributed by atoms with Crippen molar-refractivity contribution < 1.29 is 0 Å². The molecule has 0 saturated carbocycles. The molecule has 0 unspecified atom stereocenters. The molecule has 15 heavy (non-hydrogen) atoms. The molecule has 2 aromatic heterocycles. The van der Waals surface area contributed by atoms with Crippen LogP contribution in [0.25, 0.3) is 11.4 Å². The average molecular weight is 203 g/mol. The number of aromatic nitrogens is 4. The Morgan fingerprint density at radius 1 is 1.27 bits per heavy atom. The summed E-state index contributed by atoms with van der Waals surface area (Å²) < 4.78 is 1.90. The minimum Gasteiger partial charge on any atom is -0.357 e. The third-order valence-electron chi connectivity index (χ3n) is 2.27. The summed E-state index contributed by atoms with van der Waals surface area (Å²) in [4.78, 5) is 4.23. The number of hydrogen-bond acceptors (Lipinski definition) is 4. The first-order chi connectivity index (χ1) is 7.22. The summed E-state index contributed by atoms with van der Waals surface area (Å²) in [7, 11) is 3.74. The van der Waals surface area contributed by atoms with Crippen LogP contribution in [-0.2, 0) is 7.05 Å². The maximum atomic E-state index is 4.23. The van der Waals surface area contributed by atoms with Crippen LogP contribution < -0.4 is 5.32 Å². The van der Waals surface area contributed by atoms with Gasteiger partial charge in [0.1, 0.15) is 0 Å². The van der Waals surface area contributed by atoms with E-state index in [4.69, 9.17) is 0 Å². The molecule has 0 aliphatic heterocycles. The number of rotatable bonds is 2. The first-order valence-corrected chi connectivity index (χ1v) is 4.72. The van der Waals surface area contributed by atoms with Gasteiger partial charge in [0.25, 0.3) is 0 Å². The van der Waals surface area contributed by atoms with Gasteiger partial charge < -0.3 is 5.32 Å². The molecule has 2 heterocycles. The highest BCUT2D eigenvalue weighted by molar-refractivity contribution is 5.55. The van der Waals surface area contributed by atoms with Gasteiger partial charge in [-0.25, -0.2) is 0 Å². The molecule has 0 aliphatic carbocycles. The fourth-order valence-electron chi connectivity index (χ4n) is 1.40. The second-order valence-electron chi connectivity index (χ2n) is 3.34. The number of pyridine rings is 1. The zero-order valence-corrected chi connectivity index (χ0v) is 9.02. The molecule has 0 spiro atoms. The Hall–Kier alpha value is -1.91. The summed E-state index contributed by atoms with van der Waals surface area (Å²) in [5.41, 5.74) is 1.96. The van der Waals surface area contributed by atoms with E-state index in [9.17, 15) is 0 Å². The minimum atomic E-state index is 0.741. The van der Waals surface area contributed by atoms with E-state index in [0.717, 1.165) is 23.0 Å². The summed E-state index contributed by atoms with van der Waals surface area (Å²) in [6.07, 6.45) is 1.80. The van der Waals surface area contributed by atoms with Crippen molar-refractivity contribution in [2.75, 3.05) is 12.4 Å². The highest BCUT2D eigenvalue weighted by atomic mass is 15.3. The molecule has 5 nitrogen and oxygen atoms in total. The van der Waals surface area contributed by atoms with Crippen molar-refractivity contribution >= 4 is 5.95 Å². The van der Waals surface area contributed by atoms with Gasteiger partial charge in [0.05, 0.1) is 0 Å². The molecule has 0 amide bonds. The zero-order chi connectivity index (χ0) is 10.8. The summed E-state index contributed by atoms with van der Waals surface area (Å²) in [5.74, 6) is 1.55. The maximum absolute atomic E-state index is 4.23. The van der Waals surface area contributed by atoms with E-state index in [1.54, 1.807) is 6.20 Å². The molecule has 0 bridgehead atoms. The van der Waals surface area contributed by atoms with E-state index in [2.05, 4.69) is 20.5 Å². The van der Waals surface area contributed by atoms with Gasteiger partial charge in [0.2, 0.25) is 5.95 Å². The fraction of sp³-hybridized carbons (Fsp3) is 0.300. The van der Waals surface area contributed by atoms with E-state index in [1.165, 1.54) is 0 Å². The monoisotopic (exact) mass is 203 g/mol. The number of nitrogens with zero attached hydrogens (tertiary/aromatic N) is 4. The molecule has 78 valence electrons. The van der Waals surface area contributed by atoms with E-state index in [0.29, 0.717) is 0 Å². The maximum Gasteiger partial charge on any atom is 0.224 e. The van der Waals surface area contributed by atoms with Gasteiger partial charge in [-0.05, 0) is 19.1 Å². The van der Waals surface area contributed by atoms with Crippen molar-refractivity contribution in [1.29, 1.82) is 0 Å². The third kappa shape index (κ3) is 1.68. The first-order valence-electron chi connectivity index (χ1n) is 4.72. The Labute approximate surface area is 88.2 Å². The third-order valence-corrected chi connectivity index (χ3v) is 2.27. The van der Waals surface area contributed by atoms with Crippen LogP contribution in [0, 0.1) is 6.92 Å². The van der Waals surface area contributed by atoms with Crippen LogP contribution in [0.15, 0.2) is 18.3 Å². The van der Waals surface area contributed by atoms with Crippen molar-refractivity contribution in [3.05, 3.63) is 24.0 Å². The van der Waals surface area contributed by atoms with Crippen LogP contribution in [0.4, 0.5) is 5.95 Å². The fourth-order valence-corrected chi connectivity index (χ4v) is 1.40. The van der Waals surface area contributed by atoms with Gasteiger partial charge in [-0.2, -0.15) is 0 Å². The lowest BCUT2D eigenvalue weighted by Gasteiger charge is -2.02. The molecule has 2 rings (SSSR count). The lowest BCUT2D eigenvalue weighted by atomic mass is 10.2. The largest absolute Gasteiger partial charge is 0.357 e. The number of aryl methyl sites for hydroxylation is 1. The highest BCUT2D eigenvalue weighted by Gasteiger charge is 2.08. The van der Waals surface area contributed by atoms with Crippen LogP contribution in [0.3, 0.4) is 0 Å². The van der Waals surface area contributed by atoms with Gasteiger partial charge in [-0.1, -0.05) is 0 Å². The van der Waals surface area contributed by atoms with E-state index < -0.39 is 0 Å². The highest BCUT2D eigenvalue weighted by Crippen LogP contribution is 2.17. The smallest absolute Gasteiger partial charge is 0.224 e. The number of anilines is 1. The van der Waals surface area contributed by atoms with E-state index >= 15 is 0 Å². The molecule has 1 N–H and O–H groups in total. The van der Waals surface area contributed by atoms with Gasteiger partial charge in [0.15, 0.2) is 5.82 Å². The molecule has 0 atom stereocenters. The lowest BCUT2D eigenvalue weighted by Crippen LogP contribution is -1.99. The second kappa shape index (κ2) is 3.68. The minimum absolute atomic E-state index is 0.741. The number of nitrogens with one attached hydrogen (secondary N) is 1. The van der Waals surface area contributed by atoms with Gasteiger partial charge >= 0.3 is 0 Å². The van der Waals surface area contributed by atoms with Crippen LogP contribution in [-0.4, -0.2) is 26.8 Å². The summed E-state index contributed by atoms with van der Waals surface area (Å²) >= 11 is 0. The van der Waals surface area contributed by atoms with Crippen LogP contribution in [0.2, 0.25) is 0 Å². The Bertz CT molecular complexity index is 457. The van der Waals surface area contributed by atoms with Gasteiger partial charge in [-0.15, -0.1) is 10.2 Å². The SMILES string of the molecule is CNc1nnc(-c2ccc(C)nc2)n1C. The topological polar surface area (TPSA) is 55.6 Å². The van der Waals surface area contributed by atoms with Gasteiger partial charge in [-0.3, -0.25) is 9.55 Å². The van der Waals surface area contributed by atoms with Crippen molar-refractivity contribution in [3.8, 4) is 11.4 Å². The molecule has 5 heteroatoms. The Balaban J connectivity index is 2.45. The molecule has 0 radical (unpaired) electrons. The van der Waals surface area contributed by atoms with Crippen LogP contribution >= 0.6 is 0 Å². The predicted octanol–water partition coefficient (Wildman–Crippen LogP) is 1.23. The first kappa shape index (κ1) is 9.64. The summed E-state index contributed by atoms with van der Waals surface area (Å²) in [5, 5.41) is 11.1. The standard InChI is InChI=1S/C10H13N5/c1-7-4-5-8(6-12-7)9-13-14-10(11-2)15(9)3/h4-6H,1-3H3,(H,11,14). The Kier molecular flexibility index (Phi) is 2.37. The average Bonchev–Trinajstić information content (AvgIpc) is 2.61. The molecule has 0 aliphatic rings. The normalized spacial score (nSPS) is 10.3. The summed E-state index contributed by atoms with van der Waals surface area (Å²) in [6, 6.07) is 3.95. The van der Waals surface area contributed by atoms with Crippen molar-refractivity contribution in [2.45, 2.75) is 6.92 Å². The van der Waals surface area contributed by atoms with Crippen molar-refractivity contribution in [2.24, 2.45) is 7.05 Å². The molecule has 2 aromatic rings. The lowest BCUT2D eigenvalue weighted by molar-refractivity contribution is 0.923. The Morgan fingerprint density at radius 2 is 2.07 bits per heavy atom. The number of hydrogen-bond donors (Lipinski definition) is 1. The molecular weight excluding hydrogens is 190 g/mol. The molecule has 0 fully saturated rings. The van der Waals surface area contributed by atoms with Crippen molar-refractivity contribution in [1.82, 2.24) is 19.7 Å². The van der Waals surface area contributed by atoms with E-state index in [1.807, 2.05) is 37.7 Å². The Morgan fingerprint density at radius 3 is 2.60 bits per heavy atom. The summed E-state index contributed by atoms with van der Waals surface area (Å²) in [6.45, 7) is 1.96. The van der Waals surface area contributed by atoms with Crippen LogP contribution in [0.1, 0.15) is 5.69 Å². The second-order valence-corrected chi connectivity index (χ2v) is 3.34. The van der Waals surface area contributed by atoms with Gasteiger partial charge in [0, 0.05) is 31.5 Å². The zero-order valence-electron chi connectivity index (χ0n) is 9.02. The quantitative estimate of drug-likeness (QED) is 0.797. The molecule has 0 aromatic carbocycles. The van der Waals surface area contributed by atoms with E-state index in [-0.39, 0.29) is 0 Å². The molecular formula is C10H13N5. The van der Waals surface area contributed by atoms with Crippen LogP contribution in [0.5, 0.6) is 0 Å². The predicted molar refractivity (Wildman–Crippen MR) is 58.5 cm³/mol. The van der Waals surface area contributed by atoms with Crippen molar-refractivity contribution in [3.63, 3.8) is 0 Å². The molecule has 0 saturated heterocycles.